The molecule has 0 radical (unpaired) electrons. The van der Waals surface area contributed by atoms with Gasteiger partial charge in [-0.25, -0.2) is 9.78 Å². The summed E-state index contributed by atoms with van der Waals surface area (Å²) in [4.78, 5) is 28.3. The van der Waals surface area contributed by atoms with E-state index in [1.165, 1.54) is 0 Å². The van der Waals surface area contributed by atoms with E-state index in [2.05, 4.69) is 16.4 Å². The number of carbonyl (C=O) groups excluding carboxylic acids is 2. The summed E-state index contributed by atoms with van der Waals surface area (Å²) in [6.45, 7) is -0.417. The highest BCUT2D eigenvalue weighted by Gasteiger charge is 2.35. The van der Waals surface area contributed by atoms with E-state index in [4.69, 9.17) is 16.3 Å². The molecule has 1 N–H and O–H groups in total. The van der Waals surface area contributed by atoms with Crippen LogP contribution < -0.4 is 5.32 Å². The molecule has 2 aromatic rings. The molecule has 25 heavy (non-hydrogen) atoms. The third kappa shape index (κ3) is 3.89. The minimum absolute atomic E-state index is 0.320. The van der Waals surface area contributed by atoms with Gasteiger partial charge in [-0.15, -0.1) is 0 Å². The molecule has 1 aromatic heterocycles. The Balaban J connectivity index is 1.61. The molecule has 1 aromatic carbocycles. The average molecular weight is 358 g/mol. The number of halogens is 1. The summed E-state index contributed by atoms with van der Waals surface area (Å²) < 4.78 is 5.06. The predicted molar refractivity (Wildman–Crippen MR) is 92.0 cm³/mol. The van der Waals surface area contributed by atoms with Gasteiger partial charge >= 0.3 is 5.97 Å². The standard InChI is InChI=1S/C18H16ClN3O3/c19-15-6-4-12-9-13(3-5-14(12)21-15)17(24)25-10-16(23)22-18(11-20)7-1-2-8-18/h3-6,9H,1-2,7-8,10H2,(H,22,23). The molecule has 0 bridgehead atoms. The van der Waals surface area contributed by atoms with Crippen molar-refractivity contribution in [3.8, 4) is 6.07 Å². The maximum Gasteiger partial charge on any atom is 0.338 e. The van der Waals surface area contributed by atoms with Crippen molar-refractivity contribution in [2.24, 2.45) is 0 Å². The Morgan fingerprint density at radius 2 is 2.04 bits per heavy atom. The molecule has 7 heteroatoms. The lowest BCUT2D eigenvalue weighted by atomic mass is 10.00. The molecule has 128 valence electrons. The maximum atomic E-state index is 12.1. The van der Waals surface area contributed by atoms with E-state index in [1.54, 1.807) is 30.3 Å². The van der Waals surface area contributed by atoms with Gasteiger partial charge in [0.2, 0.25) is 0 Å². The summed E-state index contributed by atoms with van der Waals surface area (Å²) >= 11 is 5.83. The van der Waals surface area contributed by atoms with Gasteiger partial charge in [0.1, 0.15) is 10.7 Å². The number of amides is 1. The van der Waals surface area contributed by atoms with Crippen molar-refractivity contribution in [2.75, 3.05) is 6.61 Å². The first-order chi connectivity index (χ1) is 12.0. The first-order valence-corrected chi connectivity index (χ1v) is 8.35. The number of benzene rings is 1. The van der Waals surface area contributed by atoms with Gasteiger partial charge in [0.15, 0.2) is 6.61 Å². The molecular formula is C18H16ClN3O3. The molecule has 1 amide bonds. The van der Waals surface area contributed by atoms with Crippen molar-refractivity contribution in [2.45, 2.75) is 31.2 Å². The first kappa shape index (κ1) is 17.2. The number of nitriles is 1. The summed E-state index contributed by atoms with van der Waals surface area (Å²) in [5.41, 5.74) is 0.163. The van der Waals surface area contributed by atoms with Gasteiger partial charge in [-0.05, 0) is 56.0 Å². The van der Waals surface area contributed by atoms with Crippen LogP contribution in [0.25, 0.3) is 10.9 Å². The van der Waals surface area contributed by atoms with E-state index in [9.17, 15) is 14.9 Å². The lowest BCUT2D eigenvalue weighted by Gasteiger charge is -2.21. The van der Waals surface area contributed by atoms with Gasteiger partial charge in [-0.2, -0.15) is 5.26 Å². The van der Waals surface area contributed by atoms with Crippen LogP contribution in [0.15, 0.2) is 30.3 Å². The van der Waals surface area contributed by atoms with Gasteiger partial charge in [0.05, 0.1) is 17.1 Å². The van der Waals surface area contributed by atoms with E-state index >= 15 is 0 Å². The number of ether oxygens (including phenoxy) is 1. The molecular weight excluding hydrogens is 342 g/mol. The van der Waals surface area contributed by atoms with E-state index in [-0.39, 0.29) is 0 Å². The van der Waals surface area contributed by atoms with Crippen LogP contribution in [0.3, 0.4) is 0 Å². The van der Waals surface area contributed by atoms with Crippen LogP contribution in [0, 0.1) is 11.3 Å². The van der Waals surface area contributed by atoms with Gasteiger partial charge in [-0.1, -0.05) is 11.6 Å². The third-order valence-corrected chi connectivity index (χ3v) is 4.49. The quantitative estimate of drug-likeness (QED) is 0.670. The molecule has 1 saturated carbocycles. The number of carbonyl (C=O) groups is 2. The van der Waals surface area contributed by atoms with Crippen LogP contribution >= 0.6 is 11.6 Å². The summed E-state index contributed by atoms with van der Waals surface area (Å²) in [6.07, 6.45) is 3.07. The second-order valence-corrected chi connectivity index (χ2v) is 6.45. The number of aromatic nitrogens is 1. The topological polar surface area (TPSA) is 92.1 Å². The zero-order valence-electron chi connectivity index (χ0n) is 13.4. The number of hydrogen-bond donors (Lipinski definition) is 1. The largest absolute Gasteiger partial charge is 0.452 e. The molecule has 1 fully saturated rings. The minimum Gasteiger partial charge on any atom is -0.452 e. The Bertz CT molecular complexity index is 869. The Hall–Kier alpha value is -2.65. The maximum absolute atomic E-state index is 12.1. The Morgan fingerprint density at radius 3 is 2.76 bits per heavy atom. The molecule has 0 unspecified atom stereocenters. The zero-order valence-corrected chi connectivity index (χ0v) is 14.2. The van der Waals surface area contributed by atoms with Crippen LogP contribution in [0.4, 0.5) is 0 Å². The van der Waals surface area contributed by atoms with Gasteiger partial charge in [-0.3, -0.25) is 4.79 Å². The monoisotopic (exact) mass is 357 g/mol. The minimum atomic E-state index is -0.822. The van der Waals surface area contributed by atoms with Gasteiger partial charge in [0.25, 0.3) is 5.91 Å². The summed E-state index contributed by atoms with van der Waals surface area (Å²) in [5.74, 6) is -1.07. The SMILES string of the molecule is N#CC1(NC(=O)COC(=O)c2ccc3nc(Cl)ccc3c2)CCCC1. The highest BCUT2D eigenvalue weighted by atomic mass is 35.5. The second-order valence-electron chi connectivity index (χ2n) is 6.07. The van der Waals surface area contributed by atoms with Crippen molar-refractivity contribution in [1.29, 1.82) is 5.26 Å². The Morgan fingerprint density at radius 1 is 1.28 bits per heavy atom. The fraction of sp³-hybridized carbons (Fsp3) is 0.333. The number of nitrogens with zero attached hydrogens (tertiary/aromatic N) is 2. The average Bonchev–Trinajstić information content (AvgIpc) is 3.08. The molecule has 0 spiro atoms. The van der Waals surface area contributed by atoms with Crippen molar-refractivity contribution in [3.05, 3.63) is 41.0 Å². The molecule has 1 aliphatic rings. The summed E-state index contributed by atoms with van der Waals surface area (Å²) in [7, 11) is 0. The Kier molecular flexibility index (Phi) is 4.86. The molecule has 1 heterocycles. The fourth-order valence-corrected chi connectivity index (χ4v) is 3.14. The molecule has 1 aliphatic carbocycles. The number of nitrogens with one attached hydrogen (secondary N) is 1. The smallest absolute Gasteiger partial charge is 0.338 e. The third-order valence-electron chi connectivity index (χ3n) is 4.28. The number of rotatable bonds is 4. The van der Waals surface area contributed by atoms with Gasteiger partial charge in [0, 0.05) is 5.39 Å². The number of fused-ring (bicyclic) bond motifs is 1. The highest BCUT2D eigenvalue weighted by Crippen LogP contribution is 2.28. The molecule has 0 aliphatic heterocycles. The van der Waals surface area contributed by atoms with Crippen LogP contribution in [-0.2, 0) is 9.53 Å². The normalized spacial score (nSPS) is 15.5. The van der Waals surface area contributed by atoms with Crippen molar-refractivity contribution in [3.63, 3.8) is 0 Å². The van der Waals surface area contributed by atoms with Crippen molar-refractivity contribution >= 4 is 34.4 Å². The lowest BCUT2D eigenvalue weighted by molar-refractivity contribution is -0.125. The summed E-state index contributed by atoms with van der Waals surface area (Å²) in [6, 6.07) is 10.4. The van der Waals surface area contributed by atoms with Crippen LogP contribution in [-0.4, -0.2) is 29.0 Å². The highest BCUT2D eigenvalue weighted by molar-refractivity contribution is 6.29. The van der Waals surface area contributed by atoms with E-state index in [0.29, 0.717) is 29.1 Å². The van der Waals surface area contributed by atoms with Crippen molar-refractivity contribution < 1.29 is 14.3 Å². The van der Waals surface area contributed by atoms with Gasteiger partial charge < -0.3 is 10.1 Å². The summed E-state index contributed by atoms with van der Waals surface area (Å²) in [5, 5.41) is 13.1. The number of pyridine rings is 1. The van der Waals surface area contributed by atoms with E-state index < -0.39 is 24.0 Å². The van der Waals surface area contributed by atoms with Crippen LogP contribution in [0.5, 0.6) is 0 Å². The predicted octanol–water partition coefficient (Wildman–Crippen LogP) is 3.00. The van der Waals surface area contributed by atoms with E-state index in [1.807, 2.05) is 0 Å². The molecule has 0 atom stereocenters. The molecule has 0 saturated heterocycles. The van der Waals surface area contributed by atoms with Crippen LogP contribution in [0.2, 0.25) is 5.15 Å². The first-order valence-electron chi connectivity index (χ1n) is 7.97. The molecule has 3 rings (SSSR count). The fourth-order valence-electron chi connectivity index (χ4n) is 2.99. The lowest BCUT2D eigenvalue weighted by Crippen LogP contribution is -2.46. The van der Waals surface area contributed by atoms with Crippen molar-refractivity contribution in [1.82, 2.24) is 10.3 Å². The van der Waals surface area contributed by atoms with E-state index in [0.717, 1.165) is 18.2 Å². The zero-order chi connectivity index (χ0) is 17.9. The Labute approximate surface area is 149 Å². The second kappa shape index (κ2) is 7.08. The number of esters is 1. The number of hydrogen-bond acceptors (Lipinski definition) is 5. The van der Waals surface area contributed by atoms with Crippen LogP contribution in [0.1, 0.15) is 36.0 Å². The molecule has 6 nitrogen and oxygen atoms in total.